The van der Waals surface area contributed by atoms with E-state index < -0.39 is 0 Å². The second-order valence-corrected chi connectivity index (χ2v) is 4.15. The van der Waals surface area contributed by atoms with E-state index in [0.717, 1.165) is 29.2 Å². The van der Waals surface area contributed by atoms with Gasteiger partial charge >= 0.3 is 5.69 Å². The minimum absolute atomic E-state index is 0.0321. The molecule has 6 heteroatoms. The van der Waals surface area contributed by atoms with E-state index in [1.807, 2.05) is 6.08 Å². The molecule has 1 aliphatic carbocycles. The van der Waals surface area contributed by atoms with E-state index in [-0.39, 0.29) is 24.7 Å². The molecule has 0 radical (unpaired) electrons. The Bertz CT molecular complexity index is 693. The summed E-state index contributed by atoms with van der Waals surface area (Å²) < 4.78 is 2.87. The van der Waals surface area contributed by atoms with Crippen molar-refractivity contribution in [3.05, 3.63) is 21.2 Å². The number of hydrogen-bond acceptors (Lipinski definition) is 3. The van der Waals surface area contributed by atoms with Crippen molar-refractivity contribution in [2.45, 2.75) is 25.9 Å². The predicted octanol–water partition coefficient (Wildman–Crippen LogP) is -2.34. The van der Waals surface area contributed by atoms with Gasteiger partial charge in [-0.05, 0) is 12.8 Å². The molecule has 3 rings (SSSR count). The molecule has 1 amide bonds. The third-order valence-electron chi connectivity index (χ3n) is 3.13. The maximum Gasteiger partial charge on any atom is 0.330 e. The van der Waals surface area contributed by atoms with Crippen molar-refractivity contribution in [2.24, 2.45) is 0 Å². The standard InChI is InChI=1S/C11H11N3O3/c15-5-4-13-8-3-1-2-7-10(8)14(11(13)17)6-9(16)12-7/h3,5H,1-2,4,6H2,(H,12,16). The van der Waals surface area contributed by atoms with Crippen LogP contribution in [0.4, 0.5) is 0 Å². The molecule has 6 nitrogen and oxygen atoms in total. The van der Waals surface area contributed by atoms with Gasteiger partial charge in [-0.15, -0.1) is 0 Å². The number of aromatic nitrogens is 2. The zero-order valence-corrected chi connectivity index (χ0v) is 9.10. The molecule has 0 unspecified atom stereocenters. The summed E-state index contributed by atoms with van der Waals surface area (Å²) in [5, 5.41) is 4.31. The number of imidazole rings is 1. The van der Waals surface area contributed by atoms with Crippen LogP contribution in [-0.2, 0) is 22.7 Å². The predicted molar refractivity (Wildman–Crippen MR) is 59.3 cm³/mol. The molecule has 2 aliphatic rings. The maximum atomic E-state index is 12.1. The van der Waals surface area contributed by atoms with E-state index in [1.165, 1.54) is 9.13 Å². The Morgan fingerprint density at radius 3 is 3.00 bits per heavy atom. The molecule has 1 aromatic rings. The lowest BCUT2D eigenvalue weighted by Gasteiger charge is -2.17. The van der Waals surface area contributed by atoms with E-state index in [1.54, 1.807) is 0 Å². The molecule has 0 aromatic carbocycles. The van der Waals surface area contributed by atoms with Crippen LogP contribution in [0.2, 0.25) is 0 Å². The van der Waals surface area contributed by atoms with Crippen LogP contribution in [0.1, 0.15) is 12.8 Å². The molecule has 0 bridgehead atoms. The molecule has 1 aromatic heterocycles. The van der Waals surface area contributed by atoms with Gasteiger partial charge in [0.1, 0.15) is 12.8 Å². The Kier molecular flexibility index (Phi) is 2.04. The molecule has 0 saturated carbocycles. The van der Waals surface area contributed by atoms with Crippen molar-refractivity contribution < 1.29 is 9.59 Å². The third kappa shape index (κ3) is 1.30. The van der Waals surface area contributed by atoms with Crippen LogP contribution < -0.4 is 21.7 Å². The van der Waals surface area contributed by atoms with Gasteiger partial charge in [-0.1, -0.05) is 6.08 Å². The van der Waals surface area contributed by atoms with Crippen molar-refractivity contribution in [1.29, 1.82) is 0 Å². The van der Waals surface area contributed by atoms with Crippen LogP contribution in [0.5, 0.6) is 0 Å². The quantitative estimate of drug-likeness (QED) is 0.582. The smallest absolute Gasteiger partial charge is 0.326 e. The van der Waals surface area contributed by atoms with Crippen LogP contribution in [-0.4, -0.2) is 21.3 Å². The monoisotopic (exact) mass is 233 g/mol. The molecule has 17 heavy (non-hydrogen) atoms. The second-order valence-electron chi connectivity index (χ2n) is 4.15. The fourth-order valence-corrected chi connectivity index (χ4v) is 2.48. The van der Waals surface area contributed by atoms with E-state index in [9.17, 15) is 14.4 Å². The zero-order chi connectivity index (χ0) is 12.0. The summed E-state index contributed by atoms with van der Waals surface area (Å²) in [5.41, 5.74) is 0.507. The number of nitrogens with one attached hydrogen (secondary N) is 1. The van der Waals surface area contributed by atoms with Crippen molar-refractivity contribution in [2.75, 3.05) is 0 Å². The molecule has 1 N–H and O–H groups in total. The van der Waals surface area contributed by atoms with Gasteiger partial charge in [-0.2, -0.15) is 0 Å². The van der Waals surface area contributed by atoms with Gasteiger partial charge < -0.3 is 10.1 Å². The minimum atomic E-state index is -0.285. The van der Waals surface area contributed by atoms with Gasteiger partial charge in [0.25, 0.3) is 0 Å². The SMILES string of the molecule is O=CCn1c2c3n(c1=O)CC(=O)NC=3CCC=2. The Labute approximate surface area is 95.8 Å². The fraction of sp³-hybridized carbons (Fsp3) is 0.364. The van der Waals surface area contributed by atoms with Gasteiger partial charge in [-0.25, -0.2) is 4.79 Å². The van der Waals surface area contributed by atoms with Crippen molar-refractivity contribution >= 4 is 24.0 Å². The van der Waals surface area contributed by atoms with E-state index in [0.29, 0.717) is 6.29 Å². The largest absolute Gasteiger partial charge is 0.330 e. The van der Waals surface area contributed by atoms with Crippen molar-refractivity contribution in [3.63, 3.8) is 0 Å². The average Bonchev–Trinajstić information content (AvgIpc) is 2.57. The highest BCUT2D eigenvalue weighted by molar-refractivity contribution is 5.84. The number of nitrogens with zero attached hydrogens (tertiary/aromatic N) is 2. The summed E-state index contributed by atoms with van der Waals surface area (Å²) in [6.45, 7) is 0.0660. The Morgan fingerprint density at radius 1 is 1.41 bits per heavy atom. The summed E-state index contributed by atoms with van der Waals surface area (Å²) >= 11 is 0. The van der Waals surface area contributed by atoms with Crippen molar-refractivity contribution in [3.8, 4) is 0 Å². The maximum absolute atomic E-state index is 12.1. The zero-order valence-electron chi connectivity index (χ0n) is 9.10. The van der Waals surface area contributed by atoms with Gasteiger partial charge in [0, 0.05) is 5.70 Å². The van der Waals surface area contributed by atoms with E-state index in [2.05, 4.69) is 5.32 Å². The first-order valence-corrected chi connectivity index (χ1v) is 5.48. The van der Waals surface area contributed by atoms with Crippen LogP contribution >= 0.6 is 0 Å². The fourth-order valence-electron chi connectivity index (χ4n) is 2.48. The molecular formula is C11H11N3O3. The number of carbonyl (C=O) groups excluding carboxylic acids is 2. The summed E-state index contributed by atoms with van der Waals surface area (Å²) in [5.74, 6) is -0.175. The number of rotatable bonds is 2. The van der Waals surface area contributed by atoms with Crippen molar-refractivity contribution in [1.82, 2.24) is 14.5 Å². The lowest BCUT2D eigenvalue weighted by atomic mass is 10.1. The minimum Gasteiger partial charge on any atom is -0.326 e. The number of aldehydes is 1. The van der Waals surface area contributed by atoms with Gasteiger partial charge in [0.15, 0.2) is 0 Å². The molecule has 2 heterocycles. The highest BCUT2D eigenvalue weighted by atomic mass is 16.2. The third-order valence-corrected chi connectivity index (χ3v) is 3.13. The second kappa shape index (κ2) is 3.44. The van der Waals surface area contributed by atoms with Gasteiger partial charge in [-0.3, -0.25) is 13.9 Å². The highest BCUT2D eigenvalue weighted by Crippen LogP contribution is 2.06. The van der Waals surface area contributed by atoms with Crippen LogP contribution in [0, 0.1) is 0 Å². The Balaban J connectivity index is 2.45. The molecule has 0 fully saturated rings. The molecule has 88 valence electrons. The molecule has 1 aliphatic heterocycles. The first-order valence-electron chi connectivity index (χ1n) is 5.48. The molecule has 0 spiro atoms. The Morgan fingerprint density at radius 2 is 2.24 bits per heavy atom. The summed E-state index contributed by atoms with van der Waals surface area (Å²) in [4.78, 5) is 34.1. The molecular weight excluding hydrogens is 222 g/mol. The first-order chi connectivity index (χ1) is 8.22. The van der Waals surface area contributed by atoms with Crippen LogP contribution in [0.25, 0.3) is 11.8 Å². The summed E-state index contributed by atoms with van der Waals surface area (Å²) in [7, 11) is 0. The average molecular weight is 233 g/mol. The summed E-state index contributed by atoms with van der Waals surface area (Å²) in [6.07, 6.45) is 4.13. The highest BCUT2D eigenvalue weighted by Gasteiger charge is 2.22. The van der Waals surface area contributed by atoms with E-state index in [4.69, 9.17) is 0 Å². The molecule has 0 saturated heterocycles. The number of carbonyl (C=O) groups is 2. The number of hydrogen-bond donors (Lipinski definition) is 1. The number of amides is 1. The van der Waals surface area contributed by atoms with Crippen LogP contribution in [0.15, 0.2) is 4.79 Å². The first kappa shape index (κ1) is 10.1. The summed E-state index contributed by atoms with van der Waals surface area (Å²) in [6, 6.07) is 0. The van der Waals surface area contributed by atoms with E-state index >= 15 is 0 Å². The lowest BCUT2D eigenvalue weighted by molar-refractivity contribution is -0.121. The Hall–Kier alpha value is -2.11. The molecule has 0 atom stereocenters. The van der Waals surface area contributed by atoms with Crippen LogP contribution in [0.3, 0.4) is 0 Å². The lowest BCUT2D eigenvalue weighted by Crippen LogP contribution is -2.48. The van der Waals surface area contributed by atoms with Gasteiger partial charge in [0.05, 0.1) is 17.2 Å². The van der Waals surface area contributed by atoms with Gasteiger partial charge in [0.2, 0.25) is 5.91 Å². The normalized spacial score (nSPS) is 17.2. The topological polar surface area (TPSA) is 73.1 Å².